The van der Waals surface area contributed by atoms with Crippen LogP contribution in [0.3, 0.4) is 0 Å². The van der Waals surface area contributed by atoms with E-state index in [1.807, 2.05) is 0 Å². The van der Waals surface area contributed by atoms with Crippen molar-refractivity contribution in [2.24, 2.45) is 0 Å². The minimum absolute atomic E-state index is 0.142. The van der Waals surface area contributed by atoms with Gasteiger partial charge >= 0.3 is 5.97 Å². The minimum Gasteiger partial charge on any atom is -0.447 e. The van der Waals surface area contributed by atoms with Gasteiger partial charge in [0.2, 0.25) is 0 Å². The van der Waals surface area contributed by atoms with Gasteiger partial charge in [-0.15, -0.1) is 0 Å². The minimum atomic E-state index is -0.627. The standard InChI is InChI=1S/C6H6O3/c1-4(7)5-2-3-6(8)9-5/h2-3,5H,1H3. The summed E-state index contributed by atoms with van der Waals surface area (Å²) in [5, 5.41) is 0. The van der Waals surface area contributed by atoms with Crippen molar-refractivity contribution in [3.8, 4) is 0 Å². The van der Waals surface area contributed by atoms with Crippen LogP contribution in [0.4, 0.5) is 0 Å². The average Bonchev–Trinajstić information content (AvgIpc) is 2.14. The molecule has 0 aromatic heterocycles. The summed E-state index contributed by atoms with van der Waals surface area (Å²) in [6.07, 6.45) is 2.08. The fourth-order valence-electron chi connectivity index (χ4n) is 0.588. The summed E-state index contributed by atoms with van der Waals surface area (Å²) >= 11 is 0. The molecule has 0 saturated carbocycles. The Morgan fingerprint density at radius 3 is 2.67 bits per heavy atom. The molecule has 1 heterocycles. The molecule has 0 bridgehead atoms. The molecule has 0 amide bonds. The Hall–Kier alpha value is -1.12. The molecule has 3 heteroatoms. The number of hydrogen-bond acceptors (Lipinski definition) is 3. The molecule has 0 aliphatic carbocycles. The van der Waals surface area contributed by atoms with Crippen molar-refractivity contribution in [1.82, 2.24) is 0 Å². The van der Waals surface area contributed by atoms with Gasteiger partial charge in [-0.05, 0) is 13.0 Å². The van der Waals surface area contributed by atoms with Crippen molar-refractivity contribution in [2.75, 3.05) is 0 Å². The molecular weight excluding hydrogens is 120 g/mol. The van der Waals surface area contributed by atoms with Gasteiger partial charge in [0.05, 0.1) is 0 Å². The van der Waals surface area contributed by atoms with Crippen LogP contribution >= 0.6 is 0 Å². The Kier molecular flexibility index (Phi) is 1.34. The van der Waals surface area contributed by atoms with Gasteiger partial charge in [0.1, 0.15) is 0 Å². The molecule has 9 heavy (non-hydrogen) atoms. The lowest BCUT2D eigenvalue weighted by Gasteiger charge is -2.00. The van der Waals surface area contributed by atoms with Gasteiger partial charge in [-0.1, -0.05) is 0 Å². The Labute approximate surface area is 52.3 Å². The van der Waals surface area contributed by atoms with Crippen molar-refractivity contribution in [3.63, 3.8) is 0 Å². The molecule has 0 radical (unpaired) electrons. The number of rotatable bonds is 1. The van der Waals surface area contributed by atoms with Crippen LogP contribution in [-0.2, 0) is 14.3 Å². The molecule has 0 N–H and O–H groups in total. The van der Waals surface area contributed by atoms with Crippen molar-refractivity contribution in [1.29, 1.82) is 0 Å². The number of Topliss-reactive ketones (excluding diaryl/α,β-unsaturated/α-hetero) is 1. The smallest absolute Gasteiger partial charge is 0.331 e. The highest BCUT2D eigenvalue weighted by Gasteiger charge is 2.19. The molecule has 1 aliphatic heterocycles. The molecule has 0 aromatic carbocycles. The third-order valence-corrected chi connectivity index (χ3v) is 1.05. The van der Waals surface area contributed by atoms with Crippen LogP contribution < -0.4 is 0 Å². The third kappa shape index (κ3) is 1.16. The summed E-state index contributed by atoms with van der Waals surface area (Å²) in [5.74, 6) is -0.577. The summed E-state index contributed by atoms with van der Waals surface area (Å²) in [4.78, 5) is 20.8. The highest BCUT2D eigenvalue weighted by Crippen LogP contribution is 2.04. The van der Waals surface area contributed by atoms with Gasteiger partial charge < -0.3 is 4.74 Å². The van der Waals surface area contributed by atoms with Crippen LogP contribution in [-0.4, -0.2) is 17.9 Å². The zero-order valence-corrected chi connectivity index (χ0v) is 4.96. The average molecular weight is 126 g/mol. The number of ketones is 1. The number of cyclic esters (lactones) is 1. The fourth-order valence-corrected chi connectivity index (χ4v) is 0.588. The number of carbonyl (C=O) groups is 2. The van der Waals surface area contributed by atoms with Gasteiger partial charge in [0.15, 0.2) is 11.9 Å². The normalized spacial score (nSPS) is 24.1. The zero-order valence-electron chi connectivity index (χ0n) is 4.96. The lowest BCUT2D eigenvalue weighted by molar-refractivity contribution is -0.144. The van der Waals surface area contributed by atoms with E-state index in [2.05, 4.69) is 4.74 Å². The topological polar surface area (TPSA) is 43.4 Å². The molecule has 1 unspecified atom stereocenters. The maximum atomic E-state index is 10.5. The second-order valence-corrected chi connectivity index (χ2v) is 1.83. The van der Waals surface area contributed by atoms with Crippen LogP contribution in [0.1, 0.15) is 6.92 Å². The Morgan fingerprint density at radius 1 is 1.78 bits per heavy atom. The van der Waals surface area contributed by atoms with Crippen LogP contribution in [0.25, 0.3) is 0 Å². The molecule has 3 nitrogen and oxygen atoms in total. The third-order valence-electron chi connectivity index (χ3n) is 1.05. The summed E-state index contributed by atoms with van der Waals surface area (Å²) in [5.41, 5.74) is 0. The summed E-state index contributed by atoms with van der Waals surface area (Å²) in [6.45, 7) is 1.38. The second kappa shape index (κ2) is 2.01. The molecule has 0 spiro atoms. The predicted molar refractivity (Wildman–Crippen MR) is 29.7 cm³/mol. The van der Waals surface area contributed by atoms with E-state index in [9.17, 15) is 9.59 Å². The molecular formula is C6H6O3. The van der Waals surface area contributed by atoms with Gasteiger partial charge in [-0.3, -0.25) is 4.79 Å². The first-order valence-electron chi connectivity index (χ1n) is 2.59. The summed E-state index contributed by atoms with van der Waals surface area (Å²) < 4.78 is 4.52. The van der Waals surface area contributed by atoms with Crippen molar-refractivity contribution in [3.05, 3.63) is 12.2 Å². The SMILES string of the molecule is CC(=O)C1C=CC(=O)O1. The molecule has 0 saturated heterocycles. The predicted octanol–water partition coefficient (Wildman–Crippen LogP) is 0.0570. The summed E-state index contributed by atoms with van der Waals surface area (Å²) in [7, 11) is 0. The van der Waals surface area contributed by atoms with E-state index < -0.39 is 12.1 Å². The number of ether oxygens (including phenoxy) is 1. The van der Waals surface area contributed by atoms with Gasteiger partial charge in [0, 0.05) is 6.08 Å². The highest BCUT2D eigenvalue weighted by atomic mass is 16.5. The summed E-state index contributed by atoms with van der Waals surface area (Å²) in [6, 6.07) is 0. The lowest BCUT2D eigenvalue weighted by Crippen LogP contribution is -2.16. The van der Waals surface area contributed by atoms with Crippen molar-refractivity contribution < 1.29 is 14.3 Å². The maximum Gasteiger partial charge on any atom is 0.331 e. The van der Waals surface area contributed by atoms with Crippen molar-refractivity contribution >= 4 is 11.8 Å². The van der Waals surface area contributed by atoms with Crippen molar-refractivity contribution in [2.45, 2.75) is 13.0 Å². The largest absolute Gasteiger partial charge is 0.447 e. The number of esters is 1. The second-order valence-electron chi connectivity index (χ2n) is 1.83. The van der Waals surface area contributed by atoms with E-state index in [0.29, 0.717) is 0 Å². The Balaban J connectivity index is 2.60. The maximum absolute atomic E-state index is 10.5. The fraction of sp³-hybridized carbons (Fsp3) is 0.333. The van der Waals surface area contributed by atoms with E-state index in [0.717, 1.165) is 0 Å². The van der Waals surface area contributed by atoms with E-state index in [1.165, 1.54) is 19.1 Å². The van der Waals surface area contributed by atoms with E-state index in [4.69, 9.17) is 0 Å². The lowest BCUT2D eigenvalue weighted by atomic mass is 10.2. The van der Waals surface area contributed by atoms with Gasteiger partial charge in [0.25, 0.3) is 0 Å². The molecule has 1 rings (SSSR count). The van der Waals surface area contributed by atoms with E-state index in [1.54, 1.807) is 0 Å². The Bertz CT molecular complexity index is 181. The van der Waals surface area contributed by atoms with Crippen LogP contribution in [0.15, 0.2) is 12.2 Å². The number of hydrogen-bond donors (Lipinski definition) is 0. The van der Waals surface area contributed by atoms with Crippen LogP contribution in [0, 0.1) is 0 Å². The van der Waals surface area contributed by atoms with Gasteiger partial charge in [-0.2, -0.15) is 0 Å². The van der Waals surface area contributed by atoms with E-state index in [-0.39, 0.29) is 5.78 Å². The molecule has 0 fully saturated rings. The first-order valence-corrected chi connectivity index (χ1v) is 2.59. The molecule has 1 atom stereocenters. The van der Waals surface area contributed by atoms with Crippen LogP contribution in [0.2, 0.25) is 0 Å². The highest BCUT2D eigenvalue weighted by molar-refractivity contribution is 5.93. The first-order chi connectivity index (χ1) is 4.20. The van der Waals surface area contributed by atoms with E-state index >= 15 is 0 Å². The van der Waals surface area contributed by atoms with Gasteiger partial charge in [-0.25, -0.2) is 4.79 Å². The molecule has 0 aromatic rings. The van der Waals surface area contributed by atoms with Crippen LogP contribution in [0.5, 0.6) is 0 Å². The monoisotopic (exact) mass is 126 g/mol. The first kappa shape index (κ1) is 6.01. The zero-order chi connectivity index (χ0) is 6.85. The molecule has 1 aliphatic rings. The Morgan fingerprint density at radius 2 is 2.44 bits per heavy atom. The number of carbonyl (C=O) groups excluding carboxylic acids is 2. The quantitative estimate of drug-likeness (QED) is 0.466. The molecule has 48 valence electrons.